The first-order valence-electron chi connectivity index (χ1n) is 7.08. The van der Waals surface area contributed by atoms with Crippen molar-refractivity contribution < 1.29 is 4.42 Å². The predicted molar refractivity (Wildman–Crippen MR) is 84.4 cm³/mol. The lowest BCUT2D eigenvalue weighted by molar-refractivity contribution is 0.490. The van der Waals surface area contributed by atoms with Gasteiger partial charge in [0, 0.05) is 11.9 Å². The Morgan fingerprint density at radius 3 is 2.76 bits per heavy atom. The van der Waals surface area contributed by atoms with E-state index < -0.39 is 0 Å². The largest absolute Gasteiger partial charge is 0.467 e. The molecule has 2 heterocycles. The van der Waals surface area contributed by atoms with Crippen molar-refractivity contribution in [3.05, 3.63) is 48.4 Å². The first-order valence-corrected chi connectivity index (χ1v) is 7.08. The molecule has 0 bridgehead atoms. The van der Waals surface area contributed by atoms with E-state index in [0.717, 1.165) is 29.0 Å². The van der Waals surface area contributed by atoms with Gasteiger partial charge >= 0.3 is 0 Å². The molecule has 2 aromatic heterocycles. The molecule has 3 aromatic rings. The third kappa shape index (κ3) is 2.81. The van der Waals surface area contributed by atoms with Gasteiger partial charge in [-0.2, -0.15) is 4.98 Å². The molecule has 5 heteroatoms. The number of nitrogens with zero attached hydrogens (tertiary/aromatic N) is 2. The first kappa shape index (κ1) is 13.4. The number of para-hydroxylation sites is 1. The lowest BCUT2D eigenvalue weighted by Gasteiger charge is -2.15. The number of nitrogens with one attached hydrogen (secondary N) is 2. The van der Waals surface area contributed by atoms with Crippen LogP contribution in [0.2, 0.25) is 0 Å². The van der Waals surface area contributed by atoms with Crippen LogP contribution in [0, 0.1) is 0 Å². The molecule has 3 rings (SSSR count). The number of anilines is 2. The standard InChI is InChI=1S/C16H18N4O/c1-3-17-16-19-13-8-5-4-7-12(13)15(20-16)18-11(2)14-9-6-10-21-14/h4-11H,3H2,1-2H3,(H2,17,18,19,20). The maximum atomic E-state index is 5.44. The summed E-state index contributed by atoms with van der Waals surface area (Å²) in [5, 5.41) is 7.56. The van der Waals surface area contributed by atoms with Gasteiger partial charge < -0.3 is 15.1 Å². The Morgan fingerprint density at radius 1 is 1.14 bits per heavy atom. The van der Waals surface area contributed by atoms with E-state index in [0.29, 0.717) is 5.95 Å². The topological polar surface area (TPSA) is 63.0 Å². The fourth-order valence-electron chi connectivity index (χ4n) is 2.24. The van der Waals surface area contributed by atoms with Crippen LogP contribution >= 0.6 is 0 Å². The van der Waals surface area contributed by atoms with Crippen LogP contribution in [0.1, 0.15) is 25.6 Å². The van der Waals surface area contributed by atoms with E-state index in [1.165, 1.54) is 0 Å². The average molecular weight is 282 g/mol. The number of aromatic nitrogens is 2. The summed E-state index contributed by atoms with van der Waals surface area (Å²) in [4.78, 5) is 9.08. The van der Waals surface area contributed by atoms with Crippen molar-refractivity contribution in [2.45, 2.75) is 19.9 Å². The third-order valence-electron chi connectivity index (χ3n) is 3.26. The van der Waals surface area contributed by atoms with Crippen LogP contribution in [-0.4, -0.2) is 16.5 Å². The highest BCUT2D eigenvalue weighted by Gasteiger charge is 2.12. The molecule has 21 heavy (non-hydrogen) atoms. The zero-order valence-corrected chi connectivity index (χ0v) is 12.1. The molecule has 1 unspecified atom stereocenters. The minimum absolute atomic E-state index is 0.0350. The van der Waals surface area contributed by atoms with Crippen molar-refractivity contribution in [1.82, 2.24) is 9.97 Å². The van der Waals surface area contributed by atoms with Crippen molar-refractivity contribution >= 4 is 22.7 Å². The molecule has 0 saturated carbocycles. The Bertz CT molecular complexity index is 724. The zero-order valence-electron chi connectivity index (χ0n) is 12.1. The number of hydrogen-bond acceptors (Lipinski definition) is 5. The number of hydrogen-bond donors (Lipinski definition) is 2. The summed E-state index contributed by atoms with van der Waals surface area (Å²) in [6.07, 6.45) is 1.68. The van der Waals surface area contributed by atoms with Crippen LogP contribution in [0.5, 0.6) is 0 Å². The fourth-order valence-corrected chi connectivity index (χ4v) is 2.24. The number of benzene rings is 1. The minimum atomic E-state index is 0.0350. The quantitative estimate of drug-likeness (QED) is 0.744. The summed E-state index contributed by atoms with van der Waals surface area (Å²) in [6, 6.07) is 11.8. The molecular formula is C16H18N4O. The molecule has 1 atom stereocenters. The Hall–Kier alpha value is -2.56. The van der Waals surface area contributed by atoms with Gasteiger partial charge in [0.25, 0.3) is 0 Å². The Kier molecular flexibility index (Phi) is 3.73. The van der Waals surface area contributed by atoms with Gasteiger partial charge in [-0.15, -0.1) is 0 Å². The monoisotopic (exact) mass is 282 g/mol. The smallest absolute Gasteiger partial charge is 0.225 e. The van der Waals surface area contributed by atoms with Crippen molar-refractivity contribution in [2.75, 3.05) is 17.2 Å². The Balaban J connectivity index is 1.99. The summed E-state index contributed by atoms with van der Waals surface area (Å²) < 4.78 is 5.44. The predicted octanol–water partition coefficient (Wildman–Crippen LogP) is 3.83. The van der Waals surface area contributed by atoms with Crippen LogP contribution in [0.15, 0.2) is 47.1 Å². The molecule has 2 N–H and O–H groups in total. The van der Waals surface area contributed by atoms with Crippen LogP contribution in [0.25, 0.3) is 10.9 Å². The lowest BCUT2D eigenvalue weighted by atomic mass is 10.2. The minimum Gasteiger partial charge on any atom is -0.467 e. The van der Waals surface area contributed by atoms with Crippen molar-refractivity contribution in [3.63, 3.8) is 0 Å². The van der Waals surface area contributed by atoms with E-state index in [-0.39, 0.29) is 6.04 Å². The lowest BCUT2D eigenvalue weighted by Crippen LogP contribution is -2.10. The molecule has 0 spiro atoms. The van der Waals surface area contributed by atoms with Crippen LogP contribution in [0.3, 0.4) is 0 Å². The van der Waals surface area contributed by atoms with E-state index in [1.54, 1.807) is 6.26 Å². The van der Waals surface area contributed by atoms with Gasteiger partial charge in [0.1, 0.15) is 11.6 Å². The van der Waals surface area contributed by atoms with Crippen molar-refractivity contribution in [2.24, 2.45) is 0 Å². The van der Waals surface area contributed by atoms with Crippen LogP contribution < -0.4 is 10.6 Å². The molecule has 0 aliphatic heterocycles. The van der Waals surface area contributed by atoms with Gasteiger partial charge in [-0.05, 0) is 38.1 Å². The molecule has 5 nitrogen and oxygen atoms in total. The highest BCUT2D eigenvalue weighted by atomic mass is 16.3. The van der Waals surface area contributed by atoms with Crippen LogP contribution in [-0.2, 0) is 0 Å². The van der Waals surface area contributed by atoms with Gasteiger partial charge in [-0.1, -0.05) is 12.1 Å². The van der Waals surface area contributed by atoms with Crippen LogP contribution in [0.4, 0.5) is 11.8 Å². The van der Waals surface area contributed by atoms with Gasteiger partial charge in [-0.25, -0.2) is 4.98 Å². The summed E-state index contributed by atoms with van der Waals surface area (Å²) in [6.45, 7) is 4.85. The van der Waals surface area contributed by atoms with Gasteiger partial charge in [-0.3, -0.25) is 0 Å². The first-order chi connectivity index (χ1) is 10.3. The maximum absolute atomic E-state index is 5.44. The van der Waals surface area contributed by atoms with Gasteiger partial charge in [0.2, 0.25) is 5.95 Å². The SMILES string of the molecule is CCNc1nc(NC(C)c2ccco2)c2ccccc2n1. The summed E-state index contributed by atoms with van der Waals surface area (Å²) in [5.41, 5.74) is 0.914. The zero-order chi connectivity index (χ0) is 14.7. The summed E-state index contributed by atoms with van der Waals surface area (Å²) in [5.74, 6) is 2.31. The number of rotatable bonds is 5. The molecule has 0 saturated heterocycles. The molecule has 0 radical (unpaired) electrons. The Labute approximate surface area is 123 Å². The molecule has 1 aromatic carbocycles. The summed E-state index contributed by atoms with van der Waals surface area (Å²) in [7, 11) is 0. The molecular weight excluding hydrogens is 264 g/mol. The Morgan fingerprint density at radius 2 is 2.00 bits per heavy atom. The van der Waals surface area contributed by atoms with E-state index in [1.807, 2.05) is 50.2 Å². The summed E-state index contributed by atoms with van der Waals surface area (Å²) >= 11 is 0. The maximum Gasteiger partial charge on any atom is 0.225 e. The number of furan rings is 1. The van der Waals surface area contributed by atoms with Crippen molar-refractivity contribution in [1.29, 1.82) is 0 Å². The van der Waals surface area contributed by atoms with Crippen molar-refractivity contribution in [3.8, 4) is 0 Å². The third-order valence-corrected chi connectivity index (χ3v) is 3.26. The molecule has 0 aliphatic rings. The average Bonchev–Trinajstić information content (AvgIpc) is 3.02. The second kappa shape index (κ2) is 5.83. The van der Waals surface area contributed by atoms with Gasteiger partial charge in [0.15, 0.2) is 0 Å². The molecule has 0 amide bonds. The van der Waals surface area contributed by atoms with Gasteiger partial charge in [0.05, 0.1) is 17.8 Å². The number of fused-ring (bicyclic) bond motifs is 1. The molecule has 0 fully saturated rings. The van der Waals surface area contributed by atoms with E-state index in [2.05, 4.69) is 20.6 Å². The fraction of sp³-hybridized carbons (Fsp3) is 0.250. The second-order valence-electron chi connectivity index (χ2n) is 4.82. The second-order valence-corrected chi connectivity index (χ2v) is 4.82. The van der Waals surface area contributed by atoms with E-state index in [4.69, 9.17) is 4.42 Å². The highest BCUT2D eigenvalue weighted by Crippen LogP contribution is 2.26. The molecule has 0 aliphatic carbocycles. The molecule has 108 valence electrons. The van der Waals surface area contributed by atoms with E-state index >= 15 is 0 Å². The van der Waals surface area contributed by atoms with E-state index in [9.17, 15) is 0 Å². The highest BCUT2D eigenvalue weighted by molar-refractivity contribution is 5.90. The normalized spacial score (nSPS) is 12.3.